The molecule has 0 aliphatic heterocycles. The Morgan fingerprint density at radius 3 is 2.74 bits per heavy atom. The van der Waals surface area contributed by atoms with Crippen molar-refractivity contribution in [2.24, 2.45) is 0 Å². The summed E-state index contributed by atoms with van der Waals surface area (Å²) >= 11 is 0. The fraction of sp³-hybridized carbons (Fsp3) is 0.0588. The number of nitrogens with zero attached hydrogens (tertiary/aromatic N) is 3. The summed E-state index contributed by atoms with van der Waals surface area (Å²) in [7, 11) is 0. The van der Waals surface area contributed by atoms with Crippen LogP contribution in [0.25, 0.3) is 0 Å². The molecule has 0 atom stereocenters. The van der Waals surface area contributed by atoms with E-state index < -0.39 is 0 Å². The molecule has 1 amide bonds. The van der Waals surface area contributed by atoms with Crippen LogP contribution in [0.2, 0.25) is 0 Å². The van der Waals surface area contributed by atoms with Gasteiger partial charge in [0, 0.05) is 29.7 Å². The number of nitrogens with one attached hydrogen (secondary N) is 1. The van der Waals surface area contributed by atoms with Gasteiger partial charge in [-0.1, -0.05) is 12.1 Å². The van der Waals surface area contributed by atoms with Gasteiger partial charge in [-0.15, -0.1) is 0 Å². The van der Waals surface area contributed by atoms with Gasteiger partial charge in [-0.3, -0.25) is 10.1 Å². The molecular weight excluding hydrogens is 292 g/mol. The van der Waals surface area contributed by atoms with Gasteiger partial charge in [0.2, 0.25) is 11.8 Å². The highest BCUT2D eigenvalue weighted by Crippen LogP contribution is 2.20. The van der Waals surface area contributed by atoms with Gasteiger partial charge in [0.15, 0.2) is 0 Å². The Kier molecular flexibility index (Phi) is 4.24. The van der Waals surface area contributed by atoms with Crippen molar-refractivity contribution in [3.8, 4) is 11.6 Å². The zero-order valence-corrected chi connectivity index (χ0v) is 12.4. The maximum absolute atomic E-state index is 12.3. The van der Waals surface area contributed by atoms with Crippen LogP contribution in [0.5, 0.6) is 11.6 Å². The number of rotatable bonds is 4. The van der Waals surface area contributed by atoms with E-state index in [2.05, 4.69) is 20.3 Å². The monoisotopic (exact) mass is 306 g/mol. The number of pyridine rings is 1. The second kappa shape index (κ2) is 6.65. The summed E-state index contributed by atoms with van der Waals surface area (Å²) in [6.45, 7) is 1.83. The molecule has 2 heterocycles. The predicted octanol–water partition coefficient (Wildman–Crippen LogP) is 3.22. The number of aryl methyl sites for hydroxylation is 1. The topological polar surface area (TPSA) is 77.0 Å². The van der Waals surface area contributed by atoms with E-state index >= 15 is 0 Å². The van der Waals surface area contributed by atoms with Crippen LogP contribution in [-0.2, 0) is 0 Å². The molecule has 0 bridgehead atoms. The van der Waals surface area contributed by atoms with E-state index in [1.165, 1.54) is 0 Å². The standard InChI is InChI=1S/C17H14N4O2/c1-12-8-10-19-17(20-12)21-16(22)13-5-4-6-14(11-13)23-15-7-2-3-9-18-15/h2-11H,1H3,(H,19,20,21,22). The summed E-state index contributed by atoms with van der Waals surface area (Å²) in [4.78, 5) is 24.5. The Bertz CT molecular complexity index is 822. The highest BCUT2D eigenvalue weighted by atomic mass is 16.5. The first-order valence-electron chi connectivity index (χ1n) is 7.01. The van der Waals surface area contributed by atoms with Crippen LogP contribution in [-0.4, -0.2) is 20.9 Å². The van der Waals surface area contributed by atoms with Gasteiger partial charge in [-0.25, -0.2) is 15.0 Å². The highest BCUT2D eigenvalue weighted by molar-refractivity contribution is 6.03. The average molecular weight is 306 g/mol. The molecule has 3 aromatic rings. The lowest BCUT2D eigenvalue weighted by Crippen LogP contribution is -2.14. The van der Waals surface area contributed by atoms with E-state index in [-0.39, 0.29) is 11.9 Å². The van der Waals surface area contributed by atoms with Crippen molar-refractivity contribution in [2.75, 3.05) is 5.32 Å². The van der Waals surface area contributed by atoms with Crippen molar-refractivity contribution in [2.45, 2.75) is 6.92 Å². The molecule has 6 heteroatoms. The summed E-state index contributed by atoms with van der Waals surface area (Å²) in [5.74, 6) is 0.960. The van der Waals surface area contributed by atoms with Gasteiger partial charge < -0.3 is 4.74 Å². The second-order valence-corrected chi connectivity index (χ2v) is 4.77. The van der Waals surface area contributed by atoms with Gasteiger partial charge in [0.1, 0.15) is 5.75 Å². The van der Waals surface area contributed by atoms with Gasteiger partial charge >= 0.3 is 0 Å². The molecule has 0 fully saturated rings. The highest BCUT2D eigenvalue weighted by Gasteiger charge is 2.09. The summed E-state index contributed by atoms with van der Waals surface area (Å²) in [5.41, 5.74) is 1.23. The summed E-state index contributed by atoms with van der Waals surface area (Å²) in [6, 6.07) is 14.0. The molecule has 0 unspecified atom stereocenters. The van der Waals surface area contributed by atoms with Crippen molar-refractivity contribution in [1.82, 2.24) is 15.0 Å². The first-order valence-corrected chi connectivity index (χ1v) is 7.01. The van der Waals surface area contributed by atoms with Crippen LogP contribution >= 0.6 is 0 Å². The van der Waals surface area contributed by atoms with E-state index in [9.17, 15) is 4.79 Å². The quantitative estimate of drug-likeness (QED) is 0.800. The molecule has 0 saturated heterocycles. The lowest BCUT2D eigenvalue weighted by molar-refractivity contribution is 0.102. The number of aromatic nitrogens is 3. The van der Waals surface area contributed by atoms with Crippen LogP contribution in [0.3, 0.4) is 0 Å². The van der Waals surface area contributed by atoms with Crippen molar-refractivity contribution in [3.63, 3.8) is 0 Å². The van der Waals surface area contributed by atoms with Crippen LogP contribution in [0.1, 0.15) is 16.1 Å². The lowest BCUT2D eigenvalue weighted by Gasteiger charge is -2.07. The molecule has 6 nitrogen and oxygen atoms in total. The van der Waals surface area contributed by atoms with Gasteiger partial charge in [0.05, 0.1) is 0 Å². The first kappa shape index (κ1) is 14.6. The molecule has 0 saturated carbocycles. The molecule has 23 heavy (non-hydrogen) atoms. The third-order valence-electron chi connectivity index (χ3n) is 2.98. The summed E-state index contributed by atoms with van der Waals surface area (Å²) < 4.78 is 5.62. The summed E-state index contributed by atoms with van der Waals surface area (Å²) in [6.07, 6.45) is 3.24. The number of hydrogen-bond acceptors (Lipinski definition) is 5. The molecule has 3 rings (SSSR count). The number of anilines is 1. The Morgan fingerprint density at radius 1 is 1.04 bits per heavy atom. The third-order valence-corrected chi connectivity index (χ3v) is 2.98. The molecule has 0 aliphatic rings. The smallest absolute Gasteiger partial charge is 0.258 e. The van der Waals surface area contributed by atoms with E-state index in [1.807, 2.05) is 13.0 Å². The van der Waals surface area contributed by atoms with Crippen LogP contribution in [0.4, 0.5) is 5.95 Å². The first-order chi connectivity index (χ1) is 11.2. The largest absolute Gasteiger partial charge is 0.439 e. The number of amides is 1. The maximum atomic E-state index is 12.3. The number of benzene rings is 1. The van der Waals surface area contributed by atoms with Crippen molar-refractivity contribution in [3.05, 3.63) is 72.2 Å². The Hall–Kier alpha value is -3.28. The van der Waals surface area contributed by atoms with E-state index in [4.69, 9.17) is 4.74 Å². The number of carbonyl (C=O) groups excluding carboxylic acids is 1. The molecule has 114 valence electrons. The molecule has 2 aromatic heterocycles. The molecule has 0 radical (unpaired) electrons. The third kappa shape index (κ3) is 3.88. The number of carbonyl (C=O) groups is 1. The zero-order valence-electron chi connectivity index (χ0n) is 12.4. The van der Waals surface area contributed by atoms with E-state index in [1.54, 1.807) is 54.9 Å². The number of hydrogen-bond donors (Lipinski definition) is 1. The molecule has 1 N–H and O–H groups in total. The van der Waals surface area contributed by atoms with Crippen molar-refractivity contribution < 1.29 is 9.53 Å². The molecular formula is C17H14N4O2. The molecule has 0 spiro atoms. The average Bonchev–Trinajstić information content (AvgIpc) is 2.56. The minimum absolute atomic E-state index is 0.269. The normalized spacial score (nSPS) is 10.1. The maximum Gasteiger partial charge on any atom is 0.258 e. The van der Waals surface area contributed by atoms with Crippen LogP contribution < -0.4 is 10.1 Å². The number of ether oxygens (including phenoxy) is 1. The van der Waals surface area contributed by atoms with Crippen LogP contribution in [0.15, 0.2) is 60.9 Å². The Morgan fingerprint density at radius 2 is 1.96 bits per heavy atom. The predicted molar refractivity (Wildman–Crippen MR) is 85.5 cm³/mol. The fourth-order valence-electron chi connectivity index (χ4n) is 1.91. The van der Waals surface area contributed by atoms with E-state index in [0.717, 1.165) is 5.69 Å². The van der Waals surface area contributed by atoms with E-state index in [0.29, 0.717) is 17.2 Å². The SMILES string of the molecule is Cc1ccnc(NC(=O)c2cccc(Oc3ccccn3)c2)n1. The minimum Gasteiger partial charge on any atom is -0.439 e. The van der Waals surface area contributed by atoms with Gasteiger partial charge in [-0.2, -0.15) is 0 Å². The Labute approximate surface area is 133 Å². The van der Waals surface area contributed by atoms with Crippen molar-refractivity contribution >= 4 is 11.9 Å². The van der Waals surface area contributed by atoms with Gasteiger partial charge in [-0.05, 0) is 37.3 Å². The van der Waals surface area contributed by atoms with Crippen molar-refractivity contribution in [1.29, 1.82) is 0 Å². The summed E-state index contributed by atoms with van der Waals surface area (Å²) in [5, 5.41) is 2.66. The second-order valence-electron chi connectivity index (χ2n) is 4.77. The molecule has 0 aliphatic carbocycles. The fourth-order valence-corrected chi connectivity index (χ4v) is 1.91. The van der Waals surface area contributed by atoms with Crippen LogP contribution in [0, 0.1) is 6.92 Å². The Balaban J connectivity index is 1.75. The zero-order chi connectivity index (χ0) is 16.1. The van der Waals surface area contributed by atoms with Gasteiger partial charge in [0.25, 0.3) is 5.91 Å². The minimum atomic E-state index is -0.304. The lowest BCUT2D eigenvalue weighted by atomic mass is 10.2. The molecule has 1 aromatic carbocycles.